The molecule has 79 heavy (non-hydrogen) atoms. The fraction of sp³-hybridized carbons (Fsp3) is 0.588. The molecule has 0 bridgehead atoms. The van der Waals surface area contributed by atoms with Crippen molar-refractivity contribution in [3.05, 3.63) is 140 Å². The van der Waals surface area contributed by atoms with Gasteiger partial charge >= 0.3 is 75.9 Å². The summed E-state index contributed by atoms with van der Waals surface area (Å²) in [4.78, 5) is 0. The van der Waals surface area contributed by atoms with Gasteiger partial charge in [-0.2, -0.15) is 0 Å². The monoisotopic (exact) mass is 1160 g/mol. The predicted octanol–water partition coefficient (Wildman–Crippen LogP) is 9.63. The molecule has 0 N–H and O–H groups in total. The van der Waals surface area contributed by atoms with E-state index in [1.165, 1.54) is 0 Å². The predicted molar refractivity (Wildman–Crippen MR) is 321 cm³/mol. The van der Waals surface area contributed by atoms with Gasteiger partial charge in [-0.05, 0) is 169 Å². The number of hydrogen-bond donors (Lipinski definition) is 0. The van der Waals surface area contributed by atoms with Crippen LogP contribution >= 0.6 is 0 Å². The van der Waals surface area contributed by atoms with E-state index in [-0.39, 0.29) is 146 Å². The molecule has 8 nitrogen and oxygen atoms in total. The van der Waals surface area contributed by atoms with Crippen molar-refractivity contribution in [1.29, 1.82) is 0 Å². The summed E-state index contributed by atoms with van der Waals surface area (Å²) in [6, 6.07) is 23.8. The van der Waals surface area contributed by atoms with Crippen molar-refractivity contribution in [3.63, 3.8) is 0 Å². The first-order valence-corrected chi connectivity index (χ1v) is 28.8. The molecule has 0 saturated heterocycles. The largest absolute Gasteiger partial charge is 2.00 e. The Morgan fingerprint density at radius 3 is 0.430 bits per heavy atom. The van der Waals surface area contributed by atoms with Crippen LogP contribution in [0.2, 0.25) is 0 Å². The summed E-state index contributed by atoms with van der Waals surface area (Å²) >= 11 is 0. The van der Waals surface area contributed by atoms with E-state index in [1.807, 2.05) is 128 Å². The molecule has 0 aliphatic carbocycles. The van der Waals surface area contributed by atoms with Gasteiger partial charge in [-0.25, -0.2) is 0 Å². The maximum absolute atomic E-state index is 13.6. The Balaban J connectivity index is -0.000000334. The Hall–Kier alpha value is -2.09. The minimum atomic E-state index is -0.372. The van der Waals surface area contributed by atoms with Crippen LogP contribution in [0, 0.1) is 0 Å². The van der Waals surface area contributed by atoms with E-state index in [9.17, 15) is 20.4 Å². The summed E-state index contributed by atoms with van der Waals surface area (Å²) in [6.45, 7) is 55.8. The van der Waals surface area contributed by atoms with Crippen LogP contribution in [0.15, 0.2) is 72.8 Å². The third-order valence-corrected chi connectivity index (χ3v) is 12.4. The van der Waals surface area contributed by atoms with E-state index in [0.717, 1.165) is 97.4 Å². The van der Waals surface area contributed by atoms with Crippen molar-refractivity contribution in [2.75, 3.05) is 52.9 Å². The SMILES string of the molecule is CC(C)c1cccc(C(C)C)c1/C([O-])=C(/[O-])c1c(C(C)C)cccc1C(C)C.CC(C)c1cccc(C(C)C)c1/C([O-])=C(/[O-])c1c(C(C)C)cccc1C(C)C.CCOCC.CCOCC.CCOCC.CCOCC.[Co+2].[Na+].[Na+]. The maximum atomic E-state index is 13.6. The summed E-state index contributed by atoms with van der Waals surface area (Å²) in [5.41, 5.74) is 10.1. The average molecular weight is 1160 g/mol. The van der Waals surface area contributed by atoms with Crippen molar-refractivity contribution in [2.45, 2.75) is 214 Å². The Bertz CT molecular complexity index is 1820. The first kappa shape index (κ1) is 85.7. The maximum Gasteiger partial charge on any atom is 2.00 e. The second-order valence-electron chi connectivity index (χ2n) is 20.9. The van der Waals surface area contributed by atoms with E-state index < -0.39 is 0 Å². The first-order valence-electron chi connectivity index (χ1n) is 28.8. The number of ether oxygens (including phenoxy) is 4. The van der Waals surface area contributed by atoms with Crippen LogP contribution in [0.1, 0.15) is 280 Å². The number of benzene rings is 4. The molecule has 0 unspecified atom stereocenters. The Kier molecular flexibility index (Phi) is 52.4. The zero-order chi connectivity index (χ0) is 58.8. The summed E-state index contributed by atoms with van der Waals surface area (Å²) < 4.78 is 19.3. The van der Waals surface area contributed by atoms with E-state index in [2.05, 4.69) is 111 Å². The van der Waals surface area contributed by atoms with Crippen molar-refractivity contribution in [2.24, 2.45) is 0 Å². The van der Waals surface area contributed by atoms with Gasteiger partial charge in [-0.1, -0.05) is 184 Å². The second-order valence-corrected chi connectivity index (χ2v) is 20.9. The summed E-state index contributed by atoms with van der Waals surface area (Å²) in [5, 5.41) is 54.4. The fourth-order valence-corrected chi connectivity index (χ4v) is 8.52. The second kappa shape index (κ2) is 48.3. The average Bonchev–Trinajstić information content (AvgIpc) is 3.38. The molecule has 0 atom stereocenters. The van der Waals surface area contributed by atoms with Gasteiger partial charge in [0.05, 0.1) is 0 Å². The molecule has 0 saturated carbocycles. The first-order chi connectivity index (χ1) is 35.8. The van der Waals surface area contributed by atoms with Gasteiger partial charge < -0.3 is 39.4 Å². The van der Waals surface area contributed by atoms with Crippen LogP contribution in [-0.2, 0) is 35.7 Å². The Labute approximate surface area is 539 Å². The molecule has 11 heteroatoms. The van der Waals surface area contributed by atoms with Crippen LogP contribution in [0.25, 0.3) is 23.0 Å². The zero-order valence-corrected chi connectivity index (χ0v) is 59.8. The van der Waals surface area contributed by atoms with Gasteiger partial charge in [0.25, 0.3) is 0 Å². The van der Waals surface area contributed by atoms with Crippen LogP contribution in [0.5, 0.6) is 0 Å². The third kappa shape index (κ3) is 29.8. The molecular formula is C68H108CoNa2O8. The molecule has 1 radical (unpaired) electrons. The van der Waals surface area contributed by atoms with Crippen molar-refractivity contribution in [1.82, 2.24) is 0 Å². The Morgan fingerprint density at radius 1 is 0.266 bits per heavy atom. The van der Waals surface area contributed by atoms with E-state index in [4.69, 9.17) is 18.9 Å². The molecule has 0 fully saturated rings. The van der Waals surface area contributed by atoms with E-state index in [0.29, 0.717) is 22.3 Å². The van der Waals surface area contributed by atoms with Crippen LogP contribution < -0.4 is 79.5 Å². The zero-order valence-electron chi connectivity index (χ0n) is 54.8. The number of hydrogen-bond acceptors (Lipinski definition) is 8. The van der Waals surface area contributed by atoms with Crippen LogP contribution in [0.4, 0.5) is 0 Å². The molecule has 4 rings (SSSR count). The molecule has 4 aromatic carbocycles. The molecule has 439 valence electrons. The van der Waals surface area contributed by atoms with Crippen molar-refractivity contribution in [3.8, 4) is 0 Å². The van der Waals surface area contributed by atoms with Gasteiger partial charge in [0.1, 0.15) is 0 Å². The molecule has 0 aromatic heterocycles. The molecule has 0 aliphatic heterocycles. The summed E-state index contributed by atoms with van der Waals surface area (Å²) in [6.07, 6.45) is 0. The molecule has 0 spiro atoms. The van der Waals surface area contributed by atoms with Gasteiger partial charge in [0, 0.05) is 52.9 Å². The topological polar surface area (TPSA) is 129 Å². The van der Waals surface area contributed by atoms with Gasteiger partial charge in [-0.15, -0.1) is 23.0 Å². The number of rotatable bonds is 20. The fourth-order valence-electron chi connectivity index (χ4n) is 8.52. The quantitative estimate of drug-likeness (QED) is 0.0487. The van der Waals surface area contributed by atoms with Crippen molar-refractivity contribution >= 4 is 23.0 Å². The van der Waals surface area contributed by atoms with Crippen molar-refractivity contribution < 1.29 is 115 Å². The smallest absolute Gasteiger partial charge is 0.872 e. The minimum Gasteiger partial charge on any atom is -0.872 e. The van der Waals surface area contributed by atoms with Crippen LogP contribution in [-0.4, -0.2) is 52.9 Å². The van der Waals surface area contributed by atoms with Gasteiger partial charge in [0.15, 0.2) is 0 Å². The molecule has 0 amide bonds. The molecular weight excluding hydrogens is 1050 g/mol. The molecule has 0 heterocycles. The summed E-state index contributed by atoms with van der Waals surface area (Å²) in [5.74, 6) is -0.0788. The van der Waals surface area contributed by atoms with E-state index >= 15 is 0 Å². The Morgan fingerprint density at radius 2 is 0.367 bits per heavy atom. The molecule has 4 aromatic rings. The minimum absolute atomic E-state index is 0. The van der Waals surface area contributed by atoms with E-state index in [1.54, 1.807) is 0 Å². The van der Waals surface area contributed by atoms with Gasteiger partial charge in [-0.3, -0.25) is 0 Å². The standard InChI is InChI=1S/2C26H36O2.4C4H10O.Co.2Na/c2*1-15(2)19-11-9-12-20(16(3)4)23(19)25(27)26(28)24-21(17(5)6)13-10-14-22(24)18(7)8;4*1-3-5-4-2;;;/h2*9-18,27-28H,1-8H3;4*3-4H2,1-2H3;;;/q;;;;;;+2;2*+1/p-4/b2*26-25-;;;;;;;. The third-order valence-electron chi connectivity index (χ3n) is 12.4. The van der Waals surface area contributed by atoms with Crippen LogP contribution in [0.3, 0.4) is 0 Å². The molecule has 0 aliphatic rings. The van der Waals surface area contributed by atoms with Gasteiger partial charge in [0.2, 0.25) is 0 Å². The normalized spacial score (nSPS) is 11.3. The summed E-state index contributed by atoms with van der Waals surface area (Å²) in [7, 11) is 0.